The Hall–Kier alpha value is -4.89. The molecule has 0 saturated carbocycles. The van der Waals surface area contributed by atoms with Crippen LogP contribution in [0.4, 0.5) is 17.6 Å². The molecule has 0 radical (unpaired) electrons. The van der Waals surface area contributed by atoms with Crippen molar-refractivity contribution in [1.82, 2.24) is 45.6 Å². The maximum atomic E-state index is 14.6. The molecule has 4 rings (SSSR count). The van der Waals surface area contributed by atoms with Crippen LogP contribution in [0.2, 0.25) is 0 Å². The molecule has 2 N–H and O–H groups in total. The number of nitrogens with zero attached hydrogens (tertiary/aromatic N) is 7. The predicted octanol–water partition coefficient (Wildman–Crippen LogP) is 2.68. The molecule has 1 unspecified atom stereocenters. The summed E-state index contributed by atoms with van der Waals surface area (Å²) in [6.07, 6.45) is -0.616. The molecule has 216 valence electrons. The number of amides is 2. The maximum absolute atomic E-state index is 14.6. The standard InChI is InChI=1S/C25H25F4N9O3/c1-25(28,29)41-19-5-6-20(27)16(10-19)11-31-23(39)22-15-38(36-34-22)13-17(26)7-9-37-14-21(33-35-37)24(40)32-12-18-4-2-3-8-30-18/h2-6,8,10,14-15,17H,7,9,11-13H2,1H3,(H,31,39)(H,32,40). The average molecular weight is 576 g/mol. The normalized spacial score (nSPS) is 12.1. The zero-order chi connectivity index (χ0) is 29.4. The number of aryl methyl sites for hydroxylation is 1. The molecule has 0 saturated heterocycles. The van der Waals surface area contributed by atoms with Crippen molar-refractivity contribution in [3.05, 3.63) is 83.5 Å². The van der Waals surface area contributed by atoms with Crippen molar-refractivity contribution in [3.63, 3.8) is 0 Å². The molecule has 0 spiro atoms. The molecule has 41 heavy (non-hydrogen) atoms. The lowest BCUT2D eigenvalue weighted by atomic mass is 10.2. The first-order chi connectivity index (χ1) is 19.6. The number of carbonyl (C=O) groups excluding carboxylic acids is 2. The zero-order valence-electron chi connectivity index (χ0n) is 21.7. The van der Waals surface area contributed by atoms with E-state index in [2.05, 4.69) is 41.0 Å². The molecule has 2 amide bonds. The Morgan fingerprint density at radius 3 is 2.37 bits per heavy atom. The summed E-state index contributed by atoms with van der Waals surface area (Å²) in [6.45, 7) is 0.335. The Bertz CT molecular complexity index is 1470. The summed E-state index contributed by atoms with van der Waals surface area (Å²) in [4.78, 5) is 28.7. The summed E-state index contributed by atoms with van der Waals surface area (Å²) in [7, 11) is 0. The van der Waals surface area contributed by atoms with Gasteiger partial charge in [0.25, 0.3) is 11.8 Å². The lowest BCUT2D eigenvalue weighted by molar-refractivity contribution is -0.159. The van der Waals surface area contributed by atoms with E-state index in [9.17, 15) is 27.2 Å². The number of hydrogen-bond acceptors (Lipinski definition) is 8. The van der Waals surface area contributed by atoms with Crippen LogP contribution in [0.25, 0.3) is 0 Å². The Morgan fingerprint density at radius 1 is 1.00 bits per heavy atom. The highest BCUT2D eigenvalue weighted by molar-refractivity contribution is 5.92. The van der Waals surface area contributed by atoms with E-state index in [0.717, 1.165) is 22.9 Å². The molecule has 4 aromatic rings. The van der Waals surface area contributed by atoms with E-state index in [-0.39, 0.29) is 55.3 Å². The van der Waals surface area contributed by atoms with Crippen LogP contribution in [0.15, 0.2) is 55.0 Å². The van der Waals surface area contributed by atoms with Gasteiger partial charge in [-0.1, -0.05) is 16.5 Å². The van der Waals surface area contributed by atoms with Gasteiger partial charge in [-0.2, -0.15) is 8.78 Å². The molecule has 0 fully saturated rings. The van der Waals surface area contributed by atoms with E-state index < -0.39 is 29.9 Å². The molecule has 1 atom stereocenters. The first-order valence-corrected chi connectivity index (χ1v) is 12.3. The minimum absolute atomic E-state index is 0.00817. The number of halogens is 4. The Morgan fingerprint density at radius 2 is 1.68 bits per heavy atom. The second kappa shape index (κ2) is 13.0. The van der Waals surface area contributed by atoms with Crippen molar-refractivity contribution in [2.45, 2.75) is 51.8 Å². The lowest BCUT2D eigenvalue weighted by Gasteiger charge is -2.14. The summed E-state index contributed by atoms with van der Waals surface area (Å²) >= 11 is 0. The van der Waals surface area contributed by atoms with E-state index in [1.807, 2.05) is 0 Å². The third-order valence-electron chi connectivity index (χ3n) is 5.51. The largest absolute Gasteiger partial charge is 0.433 e. The van der Waals surface area contributed by atoms with Gasteiger partial charge in [-0.3, -0.25) is 19.3 Å². The fourth-order valence-corrected chi connectivity index (χ4v) is 3.56. The fourth-order valence-electron chi connectivity index (χ4n) is 3.56. The van der Waals surface area contributed by atoms with Gasteiger partial charge in [0.05, 0.1) is 31.2 Å². The molecule has 0 aliphatic heterocycles. The monoisotopic (exact) mass is 575 g/mol. The number of carbonyl (C=O) groups is 2. The van der Waals surface area contributed by atoms with Gasteiger partial charge in [0, 0.05) is 38.2 Å². The summed E-state index contributed by atoms with van der Waals surface area (Å²) < 4.78 is 61.6. The van der Waals surface area contributed by atoms with Crippen molar-refractivity contribution in [2.24, 2.45) is 0 Å². The van der Waals surface area contributed by atoms with Gasteiger partial charge < -0.3 is 15.4 Å². The van der Waals surface area contributed by atoms with Crippen molar-refractivity contribution in [1.29, 1.82) is 0 Å². The van der Waals surface area contributed by atoms with Crippen molar-refractivity contribution >= 4 is 11.8 Å². The molecule has 12 nitrogen and oxygen atoms in total. The lowest BCUT2D eigenvalue weighted by Crippen LogP contribution is -2.24. The SMILES string of the molecule is CC(F)(F)Oc1ccc(F)c(CNC(=O)c2cn(CC(F)CCn3cc(C(=O)NCc4ccccn4)nn3)nn2)c1. The van der Waals surface area contributed by atoms with Gasteiger partial charge in [-0.25, -0.2) is 13.5 Å². The third-order valence-corrected chi connectivity index (χ3v) is 5.51. The van der Waals surface area contributed by atoms with Gasteiger partial charge in [0.15, 0.2) is 11.4 Å². The minimum Gasteiger partial charge on any atom is -0.433 e. The number of pyridine rings is 1. The summed E-state index contributed by atoms with van der Waals surface area (Å²) in [6, 6.07) is 8.36. The van der Waals surface area contributed by atoms with Gasteiger partial charge in [-0.05, 0) is 30.3 Å². The summed E-state index contributed by atoms with van der Waals surface area (Å²) in [5.74, 6) is -2.17. The van der Waals surface area contributed by atoms with E-state index in [1.54, 1.807) is 24.4 Å². The molecule has 0 bridgehead atoms. The zero-order valence-corrected chi connectivity index (χ0v) is 21.7. The smallest absolute Gasteiger partial charge is 0.394 e. The molecule has 0 aliphatic carbocycles. The second-order valence-corrected chi connectivity index (χ2v) is 8.93. The van der Waals surface area contributed by atoms with Crippen molar-refractivity contribution < 1.29 is 31.9 Å². The number of aromatic nitrogens is 7. The van der Waals surface area contributed by atoms with Gasteiger partial charge in [0.2, 0.25) is 0 Å². The average Bonchev–Trinajstić information content (AvgIpc) is 3.60. The molecule has 3 aromatic heterocycles. The number of hydrogen-bond donors (Lipinski definition) is 2. The molecule has 0 aliphatic rings. The summed E-state index contributed by atoms with van der Waals surface area (Å²) in [5, 5.41) is 20.1. The minimum atomic E-state index is -3.46. The quantitative estimate of drug-likeness (QED) is 0.232. The number of benzene rings is 1. The van der Waals surface area contributed by atoms with Gasteiger partial charge in [-0.15, -0.1) is 10.2 Å². The predicted molar refractivity (Wildman–Crippen MR) is 134 cm³/mol. The highest BCUT2D eigenvalue weighted by Crippen LogP contribution is 2.23. The first kappa shape index (κ1) is 29.1. The maximum Gasteiger partial charge on any atom is 0.394 e. The number of ether oxygens (including phenoxy) is 1. The molecular formula is C25H25F4N9O3. The summed E-state index contributed by atoms with van der Waals surface area (Å²) in [5.41, 5.74) is 0.518. The van der Waals surface area contributed by atoms with E-state index in [4.69, 9.17) is 0 Å². The van der Waals surface area contributed by atoms with Crippen LogP contribution in [0.1, 0.15) is 45.6 Å². The first-order valence-electron chi connectivity index (χ1n) is 12.3. The van der Waals surface area contributed by atoms with E-state index in [0.29, 0.717) is 12.6 Å². The van der Waals surface area contributed by atoms with Gasteiger partial charge >= 0.3 is 6.11 Å². The Kier molecular flexibility index (Phi) is 9.21. The second-order valence-electron chi connectivity index (χ2n) is 8.93. The van der Waals surface area contributed by atoms with Crippen LogP contribution < -0.4 is 15.4 Å². The van der Waals surface area contributed by atoms with Crippen molar-refractivity contribution in [3.8, 4) is 5.75 Å². The van der Waals surface area contributed by atoms with Crippen molar-refractivity contribution in [2.75, 3.05) is 0 Å². The molecule has 3 heterocycles. The Balaban J connectivity index is 1.22. The van der Waals surface area contributed by atoms with Crippen LogP contribution in [0, 0.1) is 5.82 Å². The van der Waals surface area contributed by atoms with Crippen LogP contribution >= 0.6 is 0 Å². The van der Waals surface area contributed by atoms with E-state index >= 15 is 0 Å². The molecular weight excluding hydrogens is 550 g/mol. The van der Waals surface area contributed by atoms with Gasteiger partial charge in [0.1, 0.15) is 17.7 Å². The van der Waals surface area contributed by atoms with Crippen LogP contribution in [0.5, 0.6) is 5.75 Å². The molecule has 1 aromatic carbocycles. The Labute approximate surface area is 230 Å². The fraction of sp³-hybridized carbons (Fsp3) is 0.320. The van der Waals surface area contributed by atoms with Crippen LogP contribution in [-0.2, 0) is 26.2 Å². The highest BCUT2D eigenvalue weighted by atomic mass is 19.3. The van der Waals surface area contributed by atoms with Crippen LogP contribution in [0.3, 0.4) is 0 Å². The highest BCUT2D eigenvalue weighted by Gasteiger charge is 2.24. The van der Waals surface area contributed by atoms with E-state index in [1.165, 1.54) is 17.1 Å². The number of alkyl halides is 3. The molecule has 16 heteroatoms. The topological polar surface area (TPSA) is 142 Å². The third kappa shape index (κ3) is 8.81. The van der Waals surface area contributed by atoms with Crippen LogP contribution in [-0.4, -0.2) is 59.1 Å². The number of rotatable bonds is 13. The number of nitrogens with one attached hydrogen (secondary N) is 2.